The third-order valence-electron chi connectivity index (χ3n) is 1.04. The molecule has 0 aromatic carbocycles. The fraction of sp³-hybridized carbons (Fsp3) is 0.714. The third kappa shape index (κ3) is 3.72. The molecule has 0 spiro atoms. The van der Waals surface area contributed by atoms with Gasteiger partial charge in [-0.15, -0.1) is 0 Å². The number of rotatable bonds is 4. The molecular formula is C7H13O. The van der Waals surface area contributed by atoms with Crippen molar-refractivity contribution in [2.45, 2.75) is 26.2 Å². The Morgan fingerprint density at radius 2 is 2.25 bits per heavy atom. The maximum atomic E-state index is 5.35. The molecule has 0 amide bonds. The molecule has 0 unspecified atom stereocenters. The second kappa shape index (κ2) is 4.69. The summed E-state index contributed by atoms with van der Waals surface area (Å²) >= 11 is 0. The second-order valence-electron chi connectivity index (χ2n) is 1.77. The van der Waals surface area contributed by atoms with Gasteiger partial charge in [0.15, 0.2) is 0 Å². The van der Waals surface area contributed by atoms with Crippen LogP contribution in [0.5, 0.6) is 0 Å². The average molecular weight is 113 g/mol. The maximum Gasteiger partial charge on any atom is 0.0956 e. The molecule has 0 heterocycles. The summed E-state index contributed by atoms with van der Waals surface area (Å²) in [5.41, 5.74) is 0. The zero-order chi connectivity index (χ0) is 6.41. The molecule has 0 N–H and O–H groups in total. The minimum Gasteiger partial charge on any atom is -0.501 e. The summed E-state index contributed by atoms with van der Waals surface area (Å²) in [6.45, 7) is 7.48. The topological polar surface area (TPSA) is 9.23 Å². The Hall–Kier alpha value is -0.460. The van der Waals surface area contributed by atoms with E-state index in [4.69, 9.17) is 11.3 Å². The van der Waals surface area contributed by atoms with Crippen LogP contribution in [-0.4, -0.2) is 7.11 Å². The standard InChI is InChI=1S/C7H13O/c1-4-5-6-7(2)8-3/h2H,4-6H2,1,3H3. The van der Waals surface area contributed by atoms with Crippen LogP contribution >= 0.6 is 0 Å². The lowest BCUT2D eigenvalue weighted by molar-refractivity contribution is 0.275. The van der Waals surface area contributed by atoms with Crippen LogP contribution in [0.4, 0.5) is 0 Å². The fourth-order valence-corrected chi connectivity index (χ4v) is 0.453. The van der Waals surface area contributed by atoms with E-state index < -0.39 is 0 Å². The molecule has 0 aliphatic heterocycles. The number of unbranched alkanes of at least 4 members (excludes halogenated alkanes) is 1. The van der Waals surface area contributed by atoms with Gasteiger partial charge in [-0.2, -0.15) is 0 Å². The van der Waals surface area contributed by atoms with Crippen molar-refractivity contribution in [1.29, 1.82) is 0 Å². The van der Waals surface area contributed by atoms with Crippen molar-refractivity contribution in [2.24, 2.45) is 0 Å². The lowest BCUT2D eigenvalue weighted by atomic mass is 10.2. The molecular weight excluding hydrogens is 100 g/mol. The summed E-state index contributed by atoms with van der Waals surface area (Å²) in [5, 5.41) is 0. The Balaban J connectivity index is 2.99. The molecule has 0 fully saturated rings. The number of ether oxygens (including phenoxy) is 1. The molecule has 0 aromatic heterocycles. The molecule has 0 bridgehead atoms. The number of methoxy groups -OCH3 is 1. The van der Waals surface area contributed by atoms with Gasteiger partial charge in [-0.3, -0.25) is 0 Å². The zero-order valence-electron chi connectivity index (χ0n) is 5.61. The normalized spacial score (nSPS) is 8.75. The van der Waals surface area contributed by atoms with E-state index in [0.29, 0.717) is 5.76 Å². The van der Waals surface area contributed by atoms with Crippen molar-refractivity contribution in [3.8, 4) is 0 Å². The smallest absolute Gasteiger partial charge is 0.0956 e. The van der Waals surface area contributed by atoms with E-state index >= 15 is 0 Å². The molecule has 0 saturated carbocycles. The highest BCUT2D eigenvalue weighted by atomic mass is 16.5. The highest BCUT2D eigenvalue weighted by Crippen LogP contribution is 2.03. The summed E-state index contributed by atoms with van der Waals surface area (Å²) in [6.07, 6.45) is 3.19. The third-order valence-corrected chi connectivity index (χ3v) is 1.04. The van der Waals surface area contributed by atoms with Crippen LogP contribution in [0.25, 0.3) is 0 Å². The molecule has 0 aromatic rings. The van der Waals surface area contributed by atoms with Gasteiger partial charge in [0.2, 0.25) is 0 Å². The number of allylic oxidation sites excluding steroid dienone is 1. The summed E-state index contributed by atoms with van der Waals surface area (Å²) in [4.78, 5) is 0. The molecule has 0 aliphatic carbocycles. The van der Waals surface area contributed by atoms with Crippen molar-refractivity contribution in [1.82, 2.24) is 0 Å². The lowest BCUT2D eigenvalue weighted by Gasteiger charge is -1.99. The van der Waals surface area contributed by atoms with Gasteiger partial charge in [0.1, 0.15) is 0 Å². The fourth-order valence-electron chi connectivity index (χ4n) is 0.453. The summed E-state index contributed by atoms with van der Waals surface area (Å²) in [7, 11) is 1.60. The van der Waals surface area contributed by atoms with E-state index in [0.717, 1.165) is 12.8 Å². The highest BCUT2D eigenvalue weighted by Gasteiger charge is 1.88. The van der Waals surface area contributed by atoms with Crippen molar-refractivity contribution in [3.05, 3.63) is 12.3 Å². The molecule has 1 nitrogen and oxygen atoms in total. The SMILES string of the molecule is [CH]=C(CCCC)OC. The number of hydrogen-bond acceptors (Lipinski definition) is 1. The van der Waals surface area contributed by atoms with Gasteiger partial charge in [0.25, 0.3) is 0 Å². The summed E-state index contributed by atoms with van der Waals surface area (Å²) in [6, 6.07) is 0. The first-order chi connectivity index (χ1) is 3.81. The van der Waals surface area contributed by atoms with Gasteiger partial charge in [-0.1, -0.05) is 13.3 Å². The van der Waals surface area contributed by atoms with Crippen LogP contribution in [0, 0.1) is 6.58 Å². The van der Waals surface area contributed by atoms with Crippen LogP contribution in [0.3, 0.4) is 0 Å². The van der Waals surface area contributed by atoms with Crippen LogP contribution in [0.2, 0.25) is 0 Å². The largest absolute Gasteiger partial charge is 0.501 e. The Morgan fingerprint density at radius 3 is 2.62 bits per heavy atom. The minimum atomic E-state index is 0.645. The van der Waals surface area contributed by atoms with Crippen molar-refractivity contribution in [3.63, 3.8) is 0 Å². The van der Waals surface area contributed by atoms with Gasteiger partial charge in [-0.05, 0) is 13.0 Å². The van der Waals surface area contributed by atoms with Crippen LogP contribution in [0.1, 0.15) is 26.2 Å². The van der Waals surface area contributed by atoms with E-state index in [1.54, 1.807) is 7.11 Å². The van der Waals surface area contributed by atoms with E-state index in [1.165, 1.54) is 6.42 Å². The monoisotopic (exact) mass is 113 g/mol. The van der Waals surface area contributed by atoms with E-state index in [1.807, 2.05) is 0 Å². The molecule has 0 rings (SSSR count). The first-order valence-corrected chi connectivity index (χ1v) is 2.96. The van der Waals surface area contributed by atoms with Gasteiger partial charge < -0.3 is 4.74 Å². The van der Waals surface area contributed by atoms with Gasteiger partial charge in [0.05, 0.1) is 12.9 Å². The van der Waals surface area contributed by atoms with Crippen LogP contribution in [-0.2, 0) is 4.74 Å². The molecule has 8 heavy (non-hydrogen) atoms. The Kier molecular flexibility index (Phi) is 4.42. The molecule has 0 aliphatic rings. The quantitative estimate of drug-likeness (QED) is 0.507. The van der Waals surface area contributed by atoms with Crippen LogP contribution in [0.15, 0.2) is 5.76 Å². The van der Waals surface area contributed by atoms with Gasteiger partial charge in [-0.25, -0.2) is 0 Å². The second-order valence-corrected chi connectivity index (χ2v) is 1.77. The van der Waals surface area contributed by atoms with E-state index in [2.05, 4.69) is 6.92 Å². The van der Waals surface area contributed by atoms with Crippen molar-refractivity contribution < 1.29 is 4.74 Å². The minimum absolute atomic E-state index is 0.645. The van der Waals surface area contributed by atoms with Crippen molar-refractivity contribution in [2.75, 3.05) is 7.11 Å². The Bertz CT molecular complexity index is 66.8. The molecule has 0 atom stereocenters. The molecule has 1 heteroatoms. The predicted octanol–water partition coefficient (Wildman–Crippen LogP) is 2.14. The molecule has 47 valence electrons. The first-order valence-electron chi connectivity index (χ1n) is 2.96. The Morgan fingerprint density at radius 1 is 1.62 bits per heavy atom. The molecule has 0 saturated heterocycles. The van der Waals surface area contributed by atoms with Gasteiger partial charge >= 0.3 is 0 Å². The lowest BCUT2D eigenvalue weighted by Crippen LogP contribution is -1.82. The van der Waals surface area contributed by atoms with Crippen molar-refractivity contribution >= 4 is 0 Å². The summed E-state index contributed by atoms with van der Waals surface area (Å²) < 4.78 is 4.75. The highest BCUT2D eigenvalue weighted by molar-refractivity contribution is 4.76. The van der Waals surface area contributed by atoms with Crippen LogP contribution < -0.4 is 0 Å². The van der Waals surface area contributed by atoms with E-state index in [-0.39, 0.29) is 0 Å². The van der Waals surface area contributed by atoms with Gasteiger partial charge in [0, 0.05) is 6.42 Å². The zero-order valence-corrected chi connectivity index (χ0v) is 5.61. The average Bonchev–Trinajstić information content (AvgIpc) is 1.83. The Labute approximate surface area is 51.4 Å². The summed E-state index contributed by atoms with van der Waals surface area (Å²) in [5.74, 6) is 0.645. The molecule has 1 radical (unpaired) electrons. The maximum absolute atomic E-state index is 5.35. The van der Waals surface area contributed by atoms with E-state index in [9.17, 15) is 0 Å². The first kappa shape index (κ1) is 7.54. The number of hydrogen-bond donors (Lipinski definition) is 0. The predicted molar refractivity (Wildman–Crippen MR) is 34.3 cm³/mol.